The Bertz CT molecular complexity index is 597. The molecule has 2 aromatic rings. The third kappa shape index (κ3) is 3.65. The fourth-order valence-electron chi connectivity index (χ4n) is 1.67. The van der Waals surface area contributed by atoms with Crippen LogP contribution < -0.4 is 15.5 Å². The second-order valence-corrected chi connectivity index (χ2v) is 4.27. The van der Waals surface area contributed by atoms with Gasteiger partial charge < -0.3 is 15.5 Å². The van der Waals surface area contributed by atoms with Crippen LogP contribution in [0.3, 0.4) is 0 Å². The number of aromatic nitrogens is 5. The summed E-state index contributed by atoms with van der Waals surface area (Å²) in [5.74, 6) is 1.10. The zero-order valence-corrected chi connectivity index (χ0v) is 12.2. The fraction of sp³-hybridized carbons (Fsp3) is 0.417. The molecule has 9 heteroatoms. The second kappa shape index (κ2) is 6.64. The lowest BCUT2D eigenvalue weighted by Crippen LogP contribution is -2.36. The van der Waals surface area contributed by atoms with Gasteiger partial charge in [0.15, 0.2) is 0 Å². The molecule has 0 bridgehead atoms. The van der Waals surface area contributed by atoms with E-state index in [0.29, 0.717) is 24.4 Å². The zero-order valence-electron chi connectivity index (χ0n) is 12.2. The van der Waals surface area contributed by atoms with E-state index in [9.17, 15) is 4.79 Å². The minimum atomic E-state index is -0.0907. The second-order valence-electron chi connectivity index (χ2n) is 4.27. The van der Waals surface area contributed by atoms with Crippen LogP contribution in [0.15, 0.2) is 18.5 Å². The fourth-order valence-corrected chi connectivity index (χ4v) is 1.67. The van der Waals surface area contributed by atoms with Gasteiger partial charge >= 0.3 is 0 Å². The zero-order chi connectivity index (χ0) is 15.2. The number of nitrogens with zero attached hydrogens (tertiary/aromatic N) is 6. The number of likely N-dealkylation sites (N-methyl/N-ethyl adjacent to an activating group) is 2. The average Bonchev–Trinajstić information content (AvgIpc) is 3.01. The predicted molar refractivity (Wildman–Crippen MR) is 78.4 cm³/mol. The molecule has 0 aromatic carbocycles. The normalized spacial score (nSPS) is 10.2. The minimum absolute atomic E-state index is 0.0907. The maximum absolute atomic E-state index is 11.6. The molecule has 2 N–H and O–H groups in total. The highest BCUT2D eigenvalue weighted by molar-refractivity contribution is 5.80. The quantitative estimate of drug-likeness (QED) is 0.751. The molecule has 0 atom stereocenters. The molecule has 0 aliphatic carbocycles. The summed E-state index contributed by atoms with van der Waals surface area (Å²) in [6.07, 6.45) is 3.38. The van der Waals surface area contributed by atoms with Crippen LogP contribution in [0.2, 0.25) is 0 Å². The molecule has 0 aliphatic rings. The summed E-state index contributed by atoms with van der Waals surface area (Å²) in [4.78, 5) is 26.1. The molecule has 0 saturated heterocycles. The number of hydrogen-bond donors (Lipinski definition) is 2. The lowest BCUT2D eigenvalue weighted by atomic mass is 10.5. The van der Waals surface area contributed by atoms with E-state index < -0.39 is 0 Å². The third-order valence-corrected chi connectivity index (χ3v) is 2.64. The molecular formula is C12H18N8O. The van der Waals surface area contributed by atoms with Crippen LogP contribution in [0.5, 0.6) is 0 Å². The summed E-state index contributed by atoms with van der Waals surface area (Å²) < 4.78 is 1.53. The first-order valence-electron chi connectivity index (χ1n) is 6.55. The minimum Gasteiger partial charge on any atom is -0.357 e. The molecule has 112 valence electrons. The molecular weight excluding hydrogens is 272 g/mol. The van der Waals surface area contributed by atoms with Crippen molar-refractivity contribution in [2.75, 3.05) is 37.4 Å². The van der Waals surface area contributed by atoms with E-state index in [2.05, 4.69) is 30.7 Å². The first-order valence-corrected chi connectivity index (χ1v) is 6.55. The average molecular weight is 290 g/mol. The lowest BCUT2D eigenvalue weighted by molar-refractivity contribution is -0.119. The number of nitrogens with one attached hydrogen (secondary N) is 2. The molecule has 21 heavy (non-hydrogen) atoms. The number of carbonyl (C=O) groups excluding carboxylic acids is 1. The molecule has 2 heterocycles. The van der Waals surface area contributed by atoms with Crippen LogP contribution in [-0.2, 0) is 4.79 Å². The van der Waals surface area contributed by atoms with E-state index in [0.717, 1.165) is 0 Å². The molecule has 2 rings (SSSR count). The Kier molecular flexibility index (Phi) is 4.64. The summed E-state index contributed by atoms with van der Waals surface area (Å²) in [7, 11) is 3.46. The van der Waals surface area contributed by atoms with E-state index in [4.69, 9.17) is 0 Å². The highest BCUT2D eigenvalue weighted by atomic mass is 16.2. The number of anilines is 2. The molecule has 2 aromatic heterocycles. The summed E-state index contributed by atoms with van der Waals surface area (Å²) in [6.45, 7) is 2.62. The molecule has 0 spiro atoms. The number of amides is 1. The molecule has 1 amide bonds. The van der Waals surface area contributed by atoms with Gasteiger partial charge in [0.2, 0.25) is 17.8 Å². The Morgan fingerprint density at radius 1 is 1.38 bits per heavy atom. The lowest BCUT2D eigenvalue weighted by Gasteiger charge is -2.17. The van der Waals surface area contributed by atoms with Gasteiger partial charge in [-0.05, 0) is 13.0 Å². The van der Waals surface area contributed by atoms with Crippen LogP contribution in [-0.4, -0.2) is 57.8 Å². The topological polar surface area (TPSA) is 101 Å². The third-order valence-electron chi connectivity index (χ3n) is 2.64. The van der Waals surface area contributed by atoms with Crippen LogP contribution in [0, 0.1) is 0 Å². The largest absolute Gasteiger partial charge is 0.357 e. The molecule has 0 fully saturated rings. The van der Waals surface area contributed by atoms with Crippen molar-refractivity contribution in [2.24, 2.45) is 0 Å². The first-order chi connectivity index (χ1) is 10.1. The van der Waals surface area contributed by atoms with Crippen molar-refractivity contribution in [1.82, 2.24) is 30.0 Å². The Balaban J connectivity index is 2.26. The highest BCUT2D eigenvalue weighted by Crippen LogP contribution is 2.11. The van der Waals surface area contributed by atoms with E-state index in [1.54, 1.807) is 37.5 Å². The van der Waals surface area contributed by atoms with Gasteiger partial charge in [0, 0.05) is 33.0 Å². The predicted octanol–water partition coefficient (Wildman–Crippen LogP) is -0.329. The van der Waals surface area contributed by atoms with Crippen molar-refractivity contribution >= 4 is 17.8 Å². The van der Waals surface area contributed by atoms with E-state index in [1.165, 1.54) is 4.68 Å². The first kappa shape index (κ1) is 14.7. The molecule has 0 aliphatic heterocycles. The van der Waals surface area contributed by atoms with Crippen molar-refractivity contribution in [3.05, 3.63) is 18.5 Å². The highest BCUT2D eigenvalue weighted by Gasteiger charge is 2.13. The van der Waals surface area contributed by atoms with Crippen molar-refractivity contribution in [2.45, 2.75) is 6.92 Å². The van der Waals surface area contributed by atoms with E-state index >= 15 is 0 Å². The van der Waals surface area contributed by atoms with Gasteiger partial charge in [-0.15, -0.1) is 0 Å². The van der Waals surface area contributed by atoms with E-state index in [1.807, 2.05) is 6.92 Å². The van der Waals surface area contributed by atoms with Crippen LogP contribution in [0.4, 0.5) is 11.9 Å². The van der Waals surface area contributed by atoms with Crippen molar-refractivity contribution < 1.29 is 4.79 Å². The Labute approximate surface area is 122 Å². The number of hydrogen-bond acceptors (Lipinski definition) is 7. The standard InChI is InChI=1S/C12H18N8O/c1-4-14-9(21)8-19(3)11-16-10(13-2)17-12(18-11)20-7-5-6-15-20/h5-7H,4,8H2,1-3H3,(H,14,21)(H,13,16,17,18). The summed E-state index contributed by atoms with van der Waals surface area (Å²) >= 11 is 0. The molecule has 0 radical (unpaired) electrons. The summed E-state index contributed by atoms with van der Waals surface area (Å²) in [5, 5.41) is 9.70. The van der Waals surface area contributed by atoms with Gasteiger partial charge in [-0.1, -0.05) is 0 Å². The van der Waals surface area contributed by atoms with Gasteiger partial charge in [0.1, 0.15) is 0 Å². The van der Waals surface area contributed by atoms with Gasteiger partial charge in [0.05, 0.1) is 6.54 Å². The van der Waals surface area contributed by atoms with Gasteiger partial charge in [0.25, 0.3) is 5.95 Å². The van der Waals surface area contributed by atoms with Gasteiger partial charge in [-0.3, -0.25) is 4.79 Å². The number of carbonyl (C=O) groups is 1. The maximum Gasteiger partial charge on any atom is 0.257 e. The summed E-state index contributed by atoms with van der Waals surface area (Å²) in [6, 6.07) is 1.78. The van der Waals surface area contributed by atoms with Crippen LogP contribution in [0.25, 0.3) is 5.95 Å². The monoisotopic (exact) mass is 290 g/mol. The summed E-state index contributed by atoms with van der Waals surface area (Å²) in [5.41, 5.74) is 0. The molecule has 0 saturated carbocycles. The van der Waals surface area contributed by atoms with Gasteiger partial charge in [-0.2, -0.15) is 20.1 Å². The SMILES string of the molecule is CCNC(=O)CN(C)c1nc(NC)nc(-n2cccn2)n1. The van der Waals surface area contributed by atoms with Crippen LogP contribution >= 0.6 is 0 Å². The van der Waals surface area contributed by atoms with E-state index in [-0.39, 0.29) is 12.5 Å². The van der Waals surface area contributed by atoms with Crippen LogP contribution in [0.1, 0.15) is 6.92 Å². The number of rotatable bonds is 6. The van der Waals surface area contributed by atoms with Crippen molar-refractivity contribution in [3.8, 4) is 5.95 Å². The Morgan fingerprint density at radius 3 is 2.81 bits per heavy atom. The van der Waals surface area contributed by atoms with Crippen molar-refractivity contribution in [3.63, 3.8) is 0 Å². The molecule has 0 unspecified atom stereocenters. The van der Waals surface area contributed by atoms with Gasteiger partial charge in [-0.25, -0.2) is 4.68 Å². The Morgan fingerprint density at radius 2 is 2.19 bits per heavy atom. The maximum atomic E-state index is 11.6. The smallest absolute Gasteiger partial charge is 0.257 e. The Hall–Kier alpha value is -2.71. The molecule has 9 nitrogen and oxygen atoms in total. The van der Waals surface area contributed by atoms with Crippen molar-refractivity contribution in [1.29, 1.82) is 0 Å².